The highest BCUT2D eigenvalue weighted by molar-refractivity contribution is 5.94. The van der Waals surface area contributed by atoms with E-state index in [0.717, 1.165) is 6.20 Å². The van der Waals surface area contributed by atoms with Crippen molar-refractivity contribution in [3.05, 3.63) is 42.2 Å². The molecule has 20 heavy (non-hydrogen) atoms. The van der Waals surface area contributed by atoms with Crippen LogP contribution in [0.3, 0.4) is 0 Å². The molecular formula is C13H16FN5O. The van der Waals surface area contributed by atoms with Gasteiger partial charge in [0.05, 0.1) is 30.5 Å². The summed E-state index contributed by atoms with van der Waals surface area (Å²) in [4.78, 5) is 15.7. The number of amides is 1. The zero-order valence-corrected chi connectivity index (χ0v) is 11.3. The summed E-state index contributed by atoms with van der Waals surface area (Å²) < 4.78 is 15.2. The van der Waals surface area contributed by atoms with E-state index in [9.17, 15) is 9.18 Å². The van der Waals surface area contributed by atoms with Crippen LogP contribution >= 0.6 is 0 Å². The van der Waals surface area contributed by atoms with Gasteiger partial charge in [0.15, 0.2) is 5.82 Å². The quantitative estimate of drug-likeness (QED) is 0.893. The average Bonchev–Trinajstić information content (AvgIpc) is 2.91. The van der Waals surface area contributed by atoms with Gasteiger partial charge < -0.3 is 5.32 Å². The number of nitrogens with one attached hydrogen (secondary N) is 1. The van der Waals surface area contributed by atoms with Crippen molar-refractivity contribution in [3.8, 4) is 0 Å². The summed E-state index contributed by atoms with van der Waals surface area (Å²) in [5, 5.41) is 10.4. The number of hydrogen-bond donors (Lipinski definition) is 1. The van der Waals surface area contributed by atoms with E-state index < -0.39 is 11.7 Å². The van der Waals surface area contributed by atoms with Crippen molar-refractivity contribution in [1.82, 2.24) is 25.3 Å². The first-order valence-corrected chi connectivity index (χ1v) is 6.32. The molecule has 0 fully saturated rings. The van der Waals surface area contributed by atoms with E-state index in [2.05, 4.69) is 20.6 Å². The van der Waals surface area contributed by atoms with Crippen LogP contribution in [0.2, 0.25) is 0 Å². The highest BCUT2D eigenvalue weighted by Crippen LogP contribution is 2.08. The van der Waals surface area contributed by atoms with Crippen molar-refractivity contribution in [1.29, 1.82) is 0 Å². The topological polar surface area (TPSA) is 72.7 Å². The maximum absolute atomic E-state index is 13.5. The van der Waals surface area contributed by atoms with Crippen molar-refractivity contribution in [3.63, 3.8) is 0 Å². The minimum atomic E-state index is -0.631. The monoisotopic (exact) mass is 277 g/mol. The van der Waals surface area contributed by atoms with Crippen LogP contribution in [0.5, 0.6) is 0 Å². The SMILES string of the molecule is CC(C)[C@@H](Cn1ccnn1)NC(=O)c1ccncc1F. The number of nitrogens with zero attached hydrogens (tertiary/aromatic N) is 4. The molecule has 0 bridgehead atoms. The Morgan fingerprint density at radius 2 is 2.25 bits per heavy atom. The van der Waals surface area contributed by atoms with Gasteiger partial charge in [-0.2, -0.15) is 0 Å². The van der Waals surface area contributed by atoms with E-state index in [-0.39, 0.29) is 17.5 Å². The molecule has 0 unspecified atom stereocenters. The molecule has 2 rings (SSSR count). The van der Waals surface area contributed by atoms with Gasteiger partial charge in [0.25, 0.3) is 5.91 Å². The normalized spacial score (nSPS) is 12.4. The molecule has 0 saturated carbocycles. The van der Waals surface area contributed by atoms with E-state index >= 15 is 0 Å². The van der Waals surface area contributed by atoms with Crippen LogP contribution in [0.15, 0.2) is 30.9 Å². The fourth-order valence-corrected chi connectivity index (χ4v) is 1.76. The average molecular weight is 277 g/mol. The van der Waals surface area contributed by atoms with Gasteiger partial charge in [-0.1, -0.05) is 19.1 Å². The first kappa shape index (κ1) is 14.1. The van der Waals surface area contributed by atoms with E-state index in [1.54, 1.807) is 17.1 Å². The third-order valence-electron chi connectivity index (χ3n) is 2.99. The summed E-state index contributed by atoms with van der Waals surface area (Å²) >= 11 is 0. The molecule has 0 saturated heterocycles. The second kappa shape index (κ2) is 6.23. The Bertz CT molecular complexity index is 570. The van der Waals surface area contributed by atoms with E-state index in [1.807, 2.05) is 13.8 Å². The van der Waals surface area contributed by atoms with Crippen LogP contribution in [0, 0.1) is 11.7 Å². The molecule has 0 aliphatic carbocycles. The number of rotatable bonds is 5. The number of carbonyl (C=O) groups excluding carboxylic acids is 1. The zero-order valence-electron chi connectivity index (χ0n) is 11.3. The van der Waals surface area contributed by atoms with Gasteiger partial charge in [0, 0.05) is 12.4 Å². The molecule has 0 aromatic carbocycles. The zero-order chi connectivity index (χ0) is 14.5. The van der Waals surface area contributed by atoms with E-state index in [1.165, 1.54) is 12.3 Å². The van der Waals surface area contributed by atoms with Gasteiger partial charge in [0.2, 0.25) is 0 Å². The Hall–Kier alpha value is -2.31. The lowest BCUT2D eigenvalue weighted by molar-refractivity contribution is 0.0915. The van der Waals surface area contributed by atoms with Crippen molar-refractivity contribution in [2.24, 2.45) is 5.92 Å². The fourth-order valence-electron chi connectivity index (χ4n) is 1.76. The van der Waals surface area contributed by atoms with Gasteiger partial charge in [-0.05, 0) is 12.0 Å². The molecule has 0 spiro atoms. The van der Waals surface area contributed by atoms with Crippen LogP contribution < -0.4 is 5.32 Å². The molecule has 6 nitrogen and oxygen atoms in total. The maximum Gasteiger partial charge on any atom is 0.254 e. The molecule has 0 aliphatic rings. The van der Waals surface area contributed by atoms with Crippen molar-refractivity contribution in [2.75, 3.05) is 0 Å². The van der Waals surface area contributed by atoms with Gasteiger partial charge in [0.1, 0.15) is 0 Å². The third kappa shape index (κ3) is 3.37. The number of hydrogen-bond acceptors (Lipinski definition) is 4. The van der Waals surface area contributed by atoms with Crippen LogP contribution in [-0.4, -0.2) is 31.9 Å². The molecule has 7 heteroatoms. The molecule has 2 heterocycles. The molecule has 1 N–H and O–H groups in total. The lowest BCUT2D eigenvalue weighted by atomic mass is 10.0. The first-order valence-electron chi connectivity index (χ1n) is 6.32. The van der Waals surface area contributed by atoms with Gasteiger partial charge >= 0.3 is 0 Å². The Balaban J connectivity index is 2.08. The van der Waals surface area contributed by atoms with Crippen LogP contribution in [0.1, 0.15) is 24.2 Å². The fraction of sp³-hybridized carbons (Fsp3) is 0.385. The Kier molecular flexibility index (Phi) is 4.39. The summed E-state index contributed by atoms with van der Waals surface area (Å²) in [5.41, 5.74) is -0.00996. The Morgan fingerprint density at radius 3 is 2.85 bits per heavy atom. The minimum Gasteiger partial charge on any atom is -0.347 e. The molecule has 1 amide bonds. The molecule has 1 atom stereocenters. The number of aromatic nitrogens is 4. The van der Waals surface area contributed by atoms with E-state index in [0.29, 0.717) is 6.54 Å². The van der Waals surface area contributed by atoms with Gasteiger partial charge in [-0.3, -0.25) is 14.5 Å². The lowest BCUT2D eigenvalue weighted by Crippen LogP contribution is -2.42. The summed E-state index contributed by atoms with van der Waals surface area (Å²) in [7, 11) is 0. The Labute approximate surface area is 116 Å². The van der Waals surface area contributed by atoms with Crippen LogP contribution in [-0.2, 0) is 6.54 Å². The third-order valence-corrected chi connectivity index (χ3v) is 2.99. The van der Waals surface area contributed by atoms with Crippen molar-refractivity contribution >= 4 is 5.91 Å². The first-order chi connectivity index (χ1) is 9.58. The standard InChI is InChI=1S/C13H16FN5O/c1-9(2)12(8-19-6-5-16-18-19)17-13(20)10-3-4-15-7-11(10)14/h3-7,9,12H,8H2,1-2H3,(H,17,20)/t12-/m1/s1. The largest absolute Gasteiger partial charge is 0.347 e. The minimum absolute atomic E-state index is 0.00996. The summed E-state index contributed by atoms with van der Waals surface area (Å²) in [5.74, 6) is -0.912. The van der Waals surface area contributed by atoms with Gasteiger partial charge in [-0.15, -0.1) is 5.10 Å². The van der Waals surface area contributed by atoms with Gasteiger partial charge in [-0.25, -0.2) is 4.39 Å². The van der Waals surface area contributed by atoms with Crippen molar-refractivity contribution < 1.29 is 9.18 Å². The second-order valence-corrected chi connectivity index (χ2v) is 4.80. The lowest BCUT2D eigenvalue weighted by Gasteiger charge is -2.22. The van der Waals surface area contributed by atoms with E-state index in [4.69, 9.17) is 0 Å². The molecule has 0 aliphatic heterocycles. The predicted molar refractivity (Wildman–Crippen MR) is 70.3 cm³/mol. The maximum atomic E-state index is 13.5. The summed E-state index contributed by atoms with van der Waals surface area (Å²) in [6.45, 7) is 4.44. The summed E-state index contributed by atoms with van der Waals surface area (Å²) in [6.07, 6.45) is 5.70. The predicted octanol–water partition coefficient (Wildman–Crippen LogP) is 1.27. The second-order valence-electron chi connectivity index (χ2n) is 4.80. The van der Waals surface area contributed by atoms with Crippen LogP contribution in [0.25, 0.3) is 0 Å². The summed E-state index contributed by atoms with van der Waals surface area (Å²) in [6, 6.07) is 1.19. The smallest absolute Gasteiger partial charge is 0.254 e. The molecule has 0 radical (unpaired) electrons. The number of halogens is 1. The van der Waals surface area contributed by atoms with Crippen molar-refractivity contribution in [2.45, 2.75) is 26.4 Å². The molecular weight excluding hydrogens is 261 g/mol. The van der Waals surface area contributed by atoms with Crippen LogP contribution in [0.4, 0.5) is 4.39 Å². The molecule has 2 aromatic rings. The highest BCUT2D eigenvalue weighted by Gasteiger charge is 2.20. The number of pyridine rings is 1. The number of carbonyl (C=O) groups is 1. The molecule has 2 aromatic heterocycles. The highest BCUT2D eigenvalue weighted by atomic mass is 19.1. The Morgan fingerprint density at radius 1 is 1.45 bits per heavy atom. The molecule has 106 valence electrons.